The van der Waals surface area contributed by atoms with Gasteiger partial charge in [-0.1, -0.05) is 34.6 Å². The van der Waals surface area contributed by atoms with Gasteiger partial charge in [-0.3, -0.25) is 4.90 Å². The molecule has 14 atom stereocenters. The molecule has 0 aromatic carbocycles. The Labute approximate surface area is 302 Å². The van der Waals surface area contributed by atoms with Gasteiger partial charge in [0, 0.05) is 51.8 Å². The van der Waals surface area contributed by atoms with E-state index in [1.165, 1.54) is 38.8 Å². The number of likely N-dealkylation sites (tertiary alicyclic amines) is 1. The van der Waals surface area contributed by atoms with Gasteiger partial charge in [-0.2, -0.15) is 0 Å². The summed E-state index contributed by atoms with van der Waals surface area (Å²) in [5.41, 5.74) is -0.817. The monoisotopic (exact) mass is 703 g/mol. The van der Waals surface area contributed by atoms with Crippen LogP contribution in [0.3, 0.4) is 0 Å². The van der Waals surface area contributed by atoms with Crippen molar-refractivity contribution < 1.29 is 34.3 Å². The molecule has 8 aliphatic rings. The highest BCUT2D eigenvalue weighted by Crippen LogP contribution is 2.89. The van der Waals surface area contributed by atoms with Crippen LogP contribution in [-0.4, -0.2) is 127 Å². The van der Waals surface area contributed by atoms with Gasteiger partial charge in [-0.25, -0.2) is 0 Å². The molecular weight excluding hydrogens is 632 g/mol. The van der Waals surface area contributed by atoms with Gasteiger partial charge in [0.2, 0.25) is 0 Å². The Balaban J connectivity index is 0.951. The van der Waals surface area contributed by atoms with E-state index in [4.69, 9.17) is 18.9 Å². The molecular formula is C41H70N2O7. The molecule has 0 amide bonds. The lowest BCUT2D eigenvalue weighted by atomic mass is 9.41. The fourth-order valence-corrected chi connectivity index (χ4v) is 14.9. The quantitative estimate of drug-likeness (QED) is 0.319. The van der Waals surface area contributed by atoms with E-state index in [0.717, 1.165) is 71.0 Å². The first kappa shape index (κ1) is 36.6. The molecule has 9 heteroatoms. The Bertz CT molecular complexity index is 1270. The van der Waals surface area contributed by atoms with Gasteiger partial charge in [-0.05, 0) is 116 Å². The zero-order valence-electron chi connectivity index (χ0n) is 32.5. The third-order valence-electron chi connectivity index (χ3n) is 17.4. The summed E-state index contributed by atoms with van der Waals surface area (Å²) in [5, 5.41) is 34.2. The molecule has 5 aliphatic carbocycles. The minimum atomic E-state index is -1.25. The largest absolute Gasteiger partial charge is 0.390 e. The van der Waals surface area contributed by atoms with Gasteiger partial charge < -0.3 is 39.2 Å². The van der Waals surface area contributed by atoms with Crippen LogP contribution in [0.15, 0.2) is 0 Å². The van der Waals surface area contributed by atoms with E-state index in [9.17, 15) is 15.3 Å². The van der Waals surface area contributed by atoms with Gasteiger partial charge in [-0.15, -0.1) is 0 Å². The summed E-state index contributed by atoms with van der Waals surface area (Å²) in [6.07, 6.45) is 6.82. The average Bonchev–Trinajstić information content (AvgIpc) is 3.67. The van der Waals surface area contributed by atoms with Crippen LogP contribution in [0.1, 0.15) is 99.8 Å². The molecule has 286 valence electrons. The van der Waals surface area contributed by atoms with Crippen molar-refractivity contribution in [3.63, 3.8) is 0 Å². The molecule has 0 radical (unpaired) electrons. The van der Waals surface area contributed by atoms with Crippen molar-refractivity contribution in [1.29, 1.82) is 0 Å². The van der Waals surface area contributed by atoms with E-state index in [-0.39, 0.29) is 46.1 Å². The van der Waals surface area contributed by atoms with E-state index in [0.29, 0.717) is 23.2 Å². The Morgan fingerprint density at radius 3 is 2.40 bits per heavy atom. The van der Waals surface area contributed by atoms with Crippen LogP contribution in [0.25, 0.3) is 0 Å². The van der Waals surface area contributed by atoms with Crippen molar-refractivity contribution in [3.8, 4) is 0 Å². The van der Waals surface area contributed by atoms with E-state index >= 15 is 0 Å². The number of hydrogen-bond donors (Lipinski definition) is 3. The maximum absolute atomic E-state index is 12.5. The Morgan fingerprint density at radius 1 is 0.960 bits per heavy atom. The van der Waals surface area contributed by atoms with Gasteiger partial charge >= 0.3 is 0 Å². The van der Waals surface area contributed by atoms with E-state index in [1.807, 2.05) is 0 Å². The summed E-state index contributed by atoms with van der Waals surface area (Å²) >= 11 is 0. The second-order valence-corrected chi connectivity index (χ2v) is 20.5. The molecule has 4 unspecified atom stereocenters. The van der Waals surface area contributed by atoms with Gasteiger partial charge in [0.05, 0.1) is 43.2 Å². The van der Waals surface area contributed by atoms with Crippen LogP contribution < -0.4 is 0 Å². The average molecular weight is 703 g/mol. The van der Waals surface area contributed by atoms with E-state index in [2.05, 4.69) is 44.4 Å². The highest BCUT2D eigenvalue weighted by molar-refractivity contribution is 5.33. The number of fused-ring (bicyclic) bond motifs is 4. The lowest BCUT2D eigenvalue weighted by Crippen LogP contribution is -2.60. The van der Waals surface area contributed by atoms with Crippen LogP contribution >= 0.6 is 0 Å². The molecule has 0 bridgehead atoms. The normalized spacial score (nSPS) is 51.1. The third kappa shape index (κ3) is 5.17. The number of rotatable bonds is 9. The standard InChI is InChI=1S/C41H70N2O7/c1-25-19-27(34(44)37(4,5)46)49-33-32(25)38(6)13-14-41-24-40(41)12-11-30(36(2,3)28(40)9-10-29(41)39(38,7)35(33)45)50-31-23-43(16-18-48-31)22-26-20-42(21-26)15-17-47-8/h25-35,44-46H,9-24H2,1-8H3/t25-,27?,28+,29?,30+,31+,32+,33?,34+,35+,38-,39-,40-,41?/m1/s1. The molecule has 3 N–H and O–H groups in total. The van der Waals surface area contributed by atoms with Crippen molar-refractivity contribution in [2.45, 2.75) is 142 Å². The van der Waals surface area contributed by atoms with Crippen molar-refractivity contribution in [2.24, 2.45) is 56.7 Å². The van der Waals surface area contributed by atoms with Crippen molar-refractivity contribution in [1.82, 2.24) is 9.80 Å². The molecule has 50 heavy (non-hydrogen) atoms. The molecule has 8 fully saturated rings. The molecule has 3 aliphatic heterocycles. The van der Waals surface area contributed by atoms with Crippen LogP contribution in [0.4, 0.5) is 0 Å². The lowest BCUT2D eigenvalue weighted by molar-refractivity contribution is -0.249. The maximum atomic E-state index is 12.5. The van der Waals surface area contributed by atoms with Crippen LogP contribution in [0.2, 0.25) is 0 Å². The number of methoxy groups -OCH3 is 1. The predicted molar refractivity (Wildman–Crippen MR) is 191 cm³/mol. The lowest BCUT2D eigenvalue weighted by Gasteiger charge is -2.64. The Kier molecular flexibility index (Phi) is 9.02. The molecule has 5 saturated carbocycles. The van der Waals surface area contributed by atoms with Crippen LogP contribution in [0, 0.1) is 56.7 Å². The molecule has 3 saturated heterocycles. The first-order chi connectivity index (χ1) is 23.5. The van der Waals surface area contributed by atoms with Gasteiger partial charge in [0.15, 0.2) is 6.29 Å². The molecule has 2 spiro atoms. The summed E-state index contributed by atoms with van der Waals surface area (Å²) in [6, 6.07) is 0. The minimum absolute atomic E-state index is 0.0184. The Hall–Kier alpha value is -0.360. The second-order valence-electron chi connectivity index (χ2n) is 20.5. The van der Waals surface area contributed by atoms with Crippen molar-refractivity contribution >= 4 is 0 Å². The molecule has 0 aromatic rings. The number of morpholine rings is 1. The van der Waals surface area contributed by atoms with E-state index in [1.54, 1.807) is 21.0 Å². The fourth-order valence-electron chi connectivity index (χ4n) is 14.9. The summed E-state index contributed by atoms with van der Waals surface area (Å²) < 4.78 is 25.3. The SMILES string of the molecule is COCCN1CC(CN2CCO[C@@H](O[C@H]3CC[C@]45CC46CC[C@]4(C)[C@@H]7C(OC([C@H](O)C(C)(C)O)C[C@H]7C)[C@H](O)[C@@]4(C)C6CC[C@H]5C3(C)C)C2)C1. The number of ether oxygens (including phenoxy) is 4. The third-order valence-corrected chi connectivity index (χ3v) is 17.4. The minimum Gasteiger partial charge on any atom is -0.390 e. The Morgan fingerprint density at radius 2 is 1.68 bits per heavy atom. The number of hydrogen-bond acceptors (Lipinski definition) is 9. The van der Waals surface area contributed by atoms with Crippen molar-refractivity contribution in [2.75, 3.05) is 59.6 Å². The first-order valence-corrected chi connectivity index (χ1v) is 20.5. The summed E-state index contributed by atoms with van der Waals surface area (Å²) in [4.78, 5) is 5.07. The van der Waals surface area contributed by atoms with Gasteiger partial charge in [0.1, 0.15) is 6.10 Å². The topological polar surface area (TPSA) is 104 Å². The smallest absolute Gasteiger partial charge is 0.170 e. The molecule has 8 rings (SSSR count). The summed E-state index contributed by atoms with van der Waals surface area (Å²) in [7, 11) is 1.78. The summed E-state index contributed by atoms with van der Waals surface area (Å²) in [6.45, 7) is 23.5. The predicted octanol–water partition coefficient (Wildman–Crippen LogP) is 4.55. The van der Waals surface area contributed by atoms with Crippen LogP contribution in [-0.2, 0) is 18.9 Å². The number of aliphatic hydroxyl groups is 3. The zero-order chi connectivity index (χ0) is 35.6. The maximum Gasteiger partial charge on any atom is 0.170 e. The molecule has 9 nitrogen and oxygen atoms in total. The van der Waals surface area contributed by atoms with E-state index < -0.39 is 23.9 Å². The molecule has 3 heterocycles. The summed E-state index contributed by atoms with van der Waals surface area (Å²) in [5.74, 6) is 2.39. The first-order valence-electron chi connectivity index (χ1n) is 20.5. The van der Waals surface area contributed by atoms with Crippen molar-refractivity contribution in [3.05, 3.63) is 0 Å². The zero-order valence-corrected chi connectivity index (χ0v) is 32.5. The second kappa shape index (κ2) is 12.3. The number of aliphatic hydroxyl groups excluding tert-OH is 2. The van der Waals surface area contributed by atoms with Gasteiger partial charge in [0.25, 0.3) is 0 Å². The highest BCUT2D eigenvalue weighted by Gasteiger charge is 2.84. The number of nitrogens with zero attached hydrogens (tertiary/aromatic N) is 2. The fraction of sp³-hybridized carbons (Fsp3) is 1.00. The highest BCUT2D eigenvalue weighted by atomic mass is 16.7. The molecule has 0 aromatic heterocycles. The van der Waals surface area contributed by atoms with Crippen LogP contribution in [0.5, 0.6) is 0 Å².